The molecule has 2 atom stereocenters. The molecule has 1 aliphatic carbocycles. The number of nitrogens with zero attached hydrogens (tertiary/aromatic N) is 3. The third-order valence-electron chi connectivity index (χ3n) is 5.66. The van der Waals surface area contributed by atoms with E-state index >= 15 is 0 Å². The SMILES string of the molecule is CCc1nccn1C1CCCN(C(=O)C(NC(C)=O)C2CCCC2)C1. The van der Waals surface area contributed by atoms with Gasteiger partial charge in [0.05, 0.1) is 6.04 Å². The monoisotopic (exact) mass is 346 g/mol. The van der Waals surface area contributed by atoms with Crippen LogP contribution < -0.4 is 5.32 Å². The number of aromatic nitrogens is 2. The first-order chi connectivity index (χ1) is 12.1. The summed E-state index contributed by atoms with van der Waals surface area (Å²) in [6.07, 6.45) is 11.2. The highest BCUT2D eigenvalue weighted by atomic mass is 16.2. The molecule has 2 unspecified atom stereocenters. The van der Waals surface area contributed by atoms with Crippen molar-refractivity contribution in [3.8, 4) is 0 Å². The fraction of sp³-hybridized carbons (Fsp3) is 0.737. The van der Waals surface area contributed by atoms with E-state index in [2.05, 4.69) is 21.8 Å². The van der Waals surface area contributed by atoms with E-state index in [1.165, 1.54) is 6.92 Å². The van der Waals surface area contributed by atoms with Gasteiger partial charge >= 0.3 is 0 Å². The van der Waals surface area contributed by atoms with Crippen LogP contribution in [-0.2, 0) is 16.0 Å². The summed E-state index contributed by atoms with van der Waals surface area (Å²) in [7, 11) is 0. The third-order valence-corrected chi connectivity index (χ3v) is 5.66. The maximum atomic E-state index is 13.2. The van der Waals surface area contributed by atoms with Gasteiger partial charge in [0.1, 0.15) is 11.9 Å². The second-order valence-electron chi connectivity index (χ2n) is 7.41. The molecule has 1 aromatic rings. The number of carbonyl (C=O) groups excluding carboxylic acids is 2. The van der Waals surface area contributed by atoms with E-state index in [1.807, 2.05) is 17.3 Å². The number of hydrogen-bond acceptors (Lipinski definition) is 3. The molecule has 1 N–H and O–H groups in total. The number of amides is 2. The number of rotatable bonds is 5. The van der Waals surface area contributed by atoms with Crippen LogP contribution in [0.25, 0.3) is 0 Å². The highest BCUT2D eigenvalue weighted by molar-refractivity contribution is 5.87. The van der Waals surface area contributed by atoms with Crippen LogP contribution in [0, 0.1) is 5.92 Å². The van der Waals surface area contributed by atoms with Gasteiger partial charge in [-0.1, -0.05) is 19.8 Å². The quantitative estimate of drug-likeness (QED) is 0.889. The average Bonchev–Trinajstić information content (AvgIpc) is 3.30. The molecule has 1 aromatic heterocycles. The zero-order valence-electron chi connectivity index (χ0n) is 15.4. The van der Waals surface area contributed by atoms with Crippen molar-refractivity contribution in [2.45, 2.75) is 70.9 Å². The number of aryl methyl sites for hydroxylation is 1. The molecule has 0 radical (unpaired) electrons. The van der Waals surface area contributed by atoms with Gasteiger partial charge in [0, 0.05) is 38.8 Å². The molecule has 1 aliphatic heterocycles. The highest BCUT2D eigenvalue weighted by Crippen LogP contribution is 2.30. The summed E-state index contributed by atoms with van der Waals surface area (Å²) in [5, 5.41) is 2.94. The van der Waals surface area contributed by atoms with Crippen LogP contribution in [0.2, 0.25) is 0 Å². The van der Waals surface area contributed by atoms with Gasteiger partial charge in [-0.05, 0) is 31.6 Å². The van der Waals surface area contributed by atoms with Crippen LogP contribution in [0.4, 0.5) is 0 Å². The first-order valence-electron chi connectivity index (χ1n) is 9.67. The number of hydrogen-bond donors (Lipinski definition) is 1. The largest absolute Gasteiger partial charge is 0.344 e. The van der Waals surface area contributed by atoms with E-state index in [1.54, 1.807) is 0 Å². The smallest absolute Gasteiger partial charge is 0.245 e. The predicted molar refractivity (Wildman–Crippen MR) is 96.0 cm³/mol. The molecule has 1 saturated carbocycles. The Morgan fingerprint density at radius 2 is 2.04 bits per heavy atom. The fourth-order valence-electron chi connectivity index (χ4n) is 4.42. The van der Waals surface area contributed by atoms with Gasteiger partial charge in [-0.3, -0.25) is 9.59 Å². The molecule has 6 nitrogen and oxygen atoms in total. The molecule has 0 bridgehead atoms. The summed E-state index contributed by atoms with van der Waals surface area (Å²) in [6, 6.07) is -0.0658. The maximum Gasteiger partial charge on any atom is 0.245 e. The van der Waals surface area contributed by atoms with Crippen molar-refractivity contribution < 1.29 is 9.59 Å². The number of piperidine rings is 1. The van der Waals surface area contributed by atoms with E-state index in [-0.39, 0.29) is 29.8 Å². The summed E-state index contributed by atoms with van der Waals surface area (Å²) in [6.45, 7) is 5.12. The summed E-state index contributed by atoms with van der Waals surface area (Å²) in [4.78, 5) is 31.2. The zero-order chi connectivity index (χ0) is 17.8. The minimum Gasteiger partial charge on any atom is -0.344 e. The van der Waals surface area contributed by atoms with Crippen molar-refractivity contribution in [2.75, 3.05) is 13.1 Å². The normalized spacial score (nSPS) is 22.8. The van der Waals surface area contributed by atoms with Crippen LogP contribution in [0.5, 0.6) is 0 Å². The first-order valence-corrected chi connectivity index (χ1v) is 9.67. The Balaban J connectivity index is 1.72. The van der Waals surface area contributed by atoms with Gasteiger partial charge < -0.3 is 14.8 Å². The minimum absolute atomic E-state index is 0.102. The molecule has 0 spiro atoms. The molecule has 0 aromatic carbocycles. The zero-order valence-corrected chi connectivity index (χ0v) is 15.4. The van der Waals surface area contributed by atoms with E-state index in [9.17, 15) is 9.59 Å². The van der Waals surface area contributed by atoms with Gasteiger partial charge in [-0.2, -0.15) is 0 Å². The number of carbonyl (C=O) groups is 2. The van der Waals surface area contributed by atoms with E-state index in [0.717, 1.165) is 57.3 Å². The molecule has 6 heteroatoms. The lowest BCUT2D eigenvalue weighted by Gasteiger charge is -2.37. The van der Waals surface area contributed by atoms with Crippen LogP contribution in [0.15, 0.2) is 12.4 Å². The highest BCUT2D eigenvalue weighted by Gasteiger charge is 2.36. The van der Waals surface area contributed by atoms with Crippen LogP contribution in [0.1, 0.15) is 64.2 Å². The lowest BCUT2D eigenvalue weighted by Crippen LogP contribution is -2.53. The van der Waals surface area contributed by atoms with Crippen molar-refractivity contribution >= 4 is 11.8 Å². The van der Waals surface area contributed by atoms with E-state index < -0.39 is 0 Å². The van der Waals surface area contributed by atoms with Crippen LogP contribution >= 0.6 is 0 Å². The maximum absolute atomic E-state index is 13.2. The van der Waals surface area contributed by atoms with E-state index in [0.29, 0.717) is 6.54 Å². The van der Waals surface area contributed by atoms with Crippen molar-refractivity contribution in [1.82, 2.24) is 19.8 Å². The van der Waals surface area contributed by atoms with Gasteiger partial charge in [-0.25, -0.2) is 4.98 Å². The van der Waals surface area contributed by atoms with Gasteiger partial charge in [0.25, 0.3) is 0 Å². The minimum atomic E-state index is -0.354. The molecule has 2 amide bonds. The molecule has 138 valence electrons. The van der Waals surface area contributed by atoms with Crippen molar-refractivity contribution in [2.24, 2.45) is 5.92 Å². The second-order valence-corrected chi connectivity index (χ2v) is 7.41. The first kappa shape index (κ1) is 18.0. The predicted octanol–water partition coefficient (Wildman–Crippen LogP) is 2.30. The lowest BCUT2D eigenvalue weighted by atomic mass is 9.95. The summed E-state index contributed by atoms with van der Waals surface area (Å²) in [5.74, 6) is 1.36. The molecule has 25 heavy (non-hydrogen) atoms. The molecular formula is C19H30N4O2. The van der Waals surface area contributed by atoms with Crippen molar-refractivity contribution in [3.05, 3.63) is 18.2 Å². The molecule has 2 aliphatic rings. The van der Waals surface area contributed by atoms with E-state index in [4.69, 9.17) is 0 Å². The topological polar surface area (TPSA) is 67.2 Å². The Morgan fingerprint density at radius 1 is 1.28 bits per heavy atom. The lowest BCUT2D eigenvalue weighted by molar-refractivity contribution is -0.139. The van der Waals surface area contributed by atoms with Gasteiger partial charge in [-0.15, -0.1) is 0 Å². The van der Waals surface area contributed by atoms with Crippen molar-refractivity contribution in [3.63, 3.8) is 0 Å². The van der Waals surface area contributed by atoms with Crippen LogP contribution in [0.3, 0.4) is 0 Å². The Labute approximate surface area is 150 Å². The Bertz CT molecular complexity index is 606. The molecule has 3 rings (SSSR count). The average molecular weight is 346 g/mol. The number of likely N-dealkylation sites (tertiary alicyclic amines) is 1. The second kappa shape index (κ2) is 8.02. The summed E-state index contributed by atoms with van der Waals surface area (Å²) in [5.41, 5.74) is 0. The van der Waals surface area contributed by atoms with Crippen LogP contribution in [-0.4, -0.2) is 45.4 Å². The Kier molecular flexibility index (Phi) is 5.76. The molecule has 2 fully saturated rings. The Morgan fingerprint density at radius 3 is 2.72 bits per heavy atom. The number of nitrogens with one attached hydrogen (secondary N) is 1. The van der Waals surface area contributed by atoms with Gasteiger partial charge in [0.2, 0.25) is 11.8 Å². The molecular weight excluding hydrogens is 316 g/mol. The molecule has 1 saturated heterocycles. The standard InChI is InChI=1S/C19H30N4O2/c1-3-17-20-10-12-23(17)16-9-6-11-22(13-16)19(25)18(21-14(2)24)15-7-4-5-8-15/h10,12,15-16,18H,3-9,11,13H2,1-2H3,(H,21,24). The molecule has 2 heterocycles. The van der Waals surface area contributed by atoms with Gasteiger partial charge in [0.15, 0.2) is 0 Å². The van der Waals surface area contributed by atoms with Crippen molar-refractivity contribution in [1.29, 1.82) is 0 Å². The summed E-state index contributed by atoms with van der Waals surface area (Å²) < 4.78 is 2.22. The number of imidazole rings is 1. The fourth-order valence-corrected chi connectivity index (χ4v) is 4.42. The Hall–Kier alpha value is -1.85. The summed E-state index contributed by atoms with van der Waals surface area (Å²) >= 11 is 0. The third kappa shape index (κ3) is 4.05.